The summed E-state index contributed by atoms with van der Waals surface area (Å²) in [6, 6.07) is 4.86. The standard InChI is InChI=1S/C11H15NO7/c13-5-6-8(14)9(15)10(16)11(17-6)19-18-7-3-1-2-4-12-7/h1-4,6,8-11,13-16H,5H2/t6-,8-,9+,10-,11-/m1/s1. The van der Waals surface area contributed by atoms with E-state index in [0.717, 1.165) is 0 Å². The molecular formula is C11H15NO7. The van der Waals surface area contributed by atoms with Crippen LogP contribution in [0.3, 0.4) is 0 Å². The molecule has 0 unspecified atom stereocenters. The Hall–Kier alpha value is -1.29. The Labute approximate surface area is 108 Å². The predicted molar refractivity (Wildman–Crippen MR) is 59.7 cm³/mol. The number of nitrogens with zero attached hydrogens (tertiary/aromatic N) is 1. The molecule has 1 aliphatic rings. The molecular weight excluding hydrogens is 258 g/mol. The van der Waals surface area contributed by atoms with Crippen LogP contribution in [0.4, 0.5) is 0 Å². The molecule has 0 amide bonds. The lowest BCUT2D eigenvalue weighted by Crippen LogP contribution is -2.59. The van der Waals surface area contributed by atoms with Crippen molar-refractivity contribution in [3.05, 3.63) is 24.4 Å². The lowest BCUT2D eigenvalue weighted by atomic mass is 9.99. The molecule has 4 N–H and O–H groups in total. The molecule has 1 aromatic rings. The Balaban J connectivity index is 1.95. The minimum Gasteiger partial charge on any atom is -0.394 e. The van der Waals surface area contributed by atoms with Gasteiger partial charge in [-0.2, -0.15) is 4.89 Å². The number of pyridine rings is 1. The van der Waals surface area contributed by atoms with Gasteiger partial charge in [0.05, 0.1) is 6.61 Å². The third kappa shape index (κ3) is 3.18. The summed E-state index contributed by atoms with van der Waals surface area (Å²) < 4.78 is 5.07. The number of aromatic nitrogens is 1. The fourth-order valence-corrected chi connectivity index (χ4v) is 1.64. The normalized spacial score (nSPS) is 35.1. The lowest BCUT2D eigenvalue weighted by molar-refractivity contribution is -0.387. The van der Waals surface area contributed by atoms with Crippen molar-refractivity contribution in [3.8, 4) is 5.88 Å². The number of hydrogen-bond donors (Lipinski definition) is 4. The van der Waals surface area contributed by atoms with Crippen molar-refractivity contribution in [2.24, 2.45) is 0 Å². The number of ether oxygens (including phenoxy) is 1. The number of rotatable bonds is 4. The van der Waals surface area contributed by atoms with E-state index in [1.807, 2.05) is 0 Å². The molecule has 0 spiro atoms. The summed E-state index contributed by atoms with van der Waals surface area (Å²) in [7, 11) is 0. The number of hydrogen-bond acceptors (Lipinski definition) is 8. The second-order valence-electron chi connectivity index (χ2n) is 4.04. The van der Waals surface area contributed by atoms with E-state index in [9.17, 15) is 15.3 Å². The fraction of sp³-hybridized carbons (Fsp3) is 0.545. The first kappa shape index (κ1) is 14.1. The maximum Gasteiger partial charge on any atom is 0.256 e. The van der Waals surface area contributed by atoms with Crippen LogP contribution in [0.5, 0.6) is 5.88 Å². The largest absolute Gasteiger partial charge is 0.394 e. The highest BCUT2D eigenvalue weighted by atomic mass is 17.2. The monoisotopic (exact) mass is 273 g/mol. The van der Waals surface area contributed by atoms with Gasteiger partial charge >= 0.3 is 0 Å². The molecule has 1 saturated heterocycles. The van der Waals surface area contributed by atoms with Crippen LogP contribution >= 0.6 is 0 Å². The van der Waals surface area contributed by atoms with E-state index >= 15 is 0 Å². The lowest BCUT2D eigenvalue weighted by Gasteiger charge is -2.38. The van der Waals surface area contributed by atoms with Gasteiger partial charge in [0.1, 0.15) is 24.4 Å². The average molecular weight is 273 g/mol. The molecule has 106 valence electrons. The molecule has 1 fully saturated rings. The van der Waals surface area contributed by atoms with Crippen LogP contribution in [0.15, 0.2) is 24.4 Å². The van der Waals surface area contributed by atoms with Crippen molar-refractivity contribution < 1.29 is 34.9 Å². The molecule has 8 heteroatoms. The number of aliphatic hydroxyl groups is 4. The minimum atomic E-state index is -1.51. The van der Waals surface area contributed by atoms with Gasteiger partial charge < -0.3 is 30.1 Å². The summed E-state index contributed by atoms with van der Waals surface area (Å²) >= 11 is 0. The SMILES string of the molecule is OC[C@H]1O[C@H](OOc2ccccn2)[C@H](O)[C@@H](O)[C@@H]1O. The van der Waals surface area contributed by atoms with Gasteiger partial charge in [0.15, 0.2) is 0 Å². The number of aliphatic hydroxyl groups excluding tert-OH is 4. The molecule has 19 heavy (non-hydrogen) atoms. The molecule has 8 nitrogen and oxygen atoms in total. The molecule has 1 aromatic heterocycles. The van der Waals surface area contributed by atoms with Crippen LogP contribution in [0.2, 0.25) is 0 Å². The summed E-state index contributed by atoms with van der Waals surface area (Å²) in [5.41, 5.74) is 0. The Morgan fingerprint density at radius 3 is 2.58 bits per heavy atom. The molecule has 0 aliphatic carbocycles. The third-order valence-corrected chi connectivity index (χ3v) is 2.71. The van der Waals surface area contributed by atoms with Crippen molar-refractivity contribution in [2.45, 2.75) is 30.7 Å². The molecule has 2 rings (SSSR count). The van der Waals surface area contributed by atoms with E-state index in [1.54, 1.807) is 12.1 Å². The highest BCUT2D eigenvalue weighted by Gasteiger charge is 2.45. The van der Waals surface area contributed by atoms with Gasteiger partial charge in [-0.15, -0.1) is 0 Å². The molecule has 0 aromatic carbocycles. The van der Waals surface area contributed by atoms with Crippen LogP contribution in [0, 0.1) is 0 Å². The average Bonchev–Trinajstić information content (AvgIpc) is 2.45. The van der Waals surface area contributed by atoms with E-state index in [2.05, 4.69) is 4.98 Å². The summed E-state index contributed by atoms with van der Waals surface area (Å²) in [4.78, 5) is 13.5. The van der Waals surface area contributed by atoms with Crippen molar-refractivity contribution in [1.29, 1.82) is 0 Å². The van der Waals surface area contributed by atoms with Crippen LogP contribution in [-0.2, 0) is 9.62 Å². The van der Waals surface area contributed by atoms with E-state index in [4.69, 9.17) is 19.6 Å². The maximum absolute atomic E-state index is 9.66. The summed E-state index contributed by atoms with van der Waals surface area (Å²) in [5, 5.41) is 37.7. The molecule has 0 radical (unpaired) electrons. The summed E-state index contributed by atoms with van der Waals surface area (Å²) in [5.74, 6) is 0.138. The fourth-order valence-electron chi connectivity index (χ4n) is 1.64. The van der Waals surface area contributed by atoms with Gasteiger partial charge in [0.2, 0.25) is 6.29 Å². The Morgan fingerprint density at radius 1 is 1.16 bits per heavy atom. The predicted octanol–water partition coefficient (Wildman–Crippen LogP) is -1.81. The van der Waals surface area contributed by atoms with Gasteiger partial charge in [0, 0.05) is 12.3 Å². The Morgan fingerprint density at radius 2 is 1.95 bits per heavy atom. The van der Waals surface area contributed by atoms with E-state index in [-0.39, 0.29) is 5.88 Å². The van der Waals surface area contributed by atoms with Crippen molar-refractivity contribution >= 4 is 0 Å². The van der Waals surface area contributed by atoms with Gasteiger partial charge in [-0.3, -0.25) is 0 Å². The topological polar surface area (TPSA) is 122 Å². The third-order valence-electron chi connectivity index (χ3n) is 2.71. The van der Waals surface area contributed by atoms with Gasteiger partial charge in [-0.1, -0.05) is 6.07 Å². The molecule has 1 aliphatic heterocycles. The first-order valence-electron chi connectivity index (χ1n) is 5.68. The Bertz CT molecular complexity index is 388. The zero-order valence-electron chi connectivity index (χ0n) is 9.86. The second-order valence-corrected chi connectivity index (χ2v) is 4.04. The van der Waals surface area contributed by atoms with E-state index in [1.165, 1.54) is 12.3 Å². The van der Waals surface area contributed by atoms with E-state index in [0.29, 0.717) is 0 Å². The minimum absolute atomic E-state index is 0.138. The highest BCUT2D eigenvalue weighted by Crippen LogP contribution is 2.22. The van der Waals surface area contributed by atoms with Crippen LogP contribution in [0.1, 0.15) is 0 Å². The van der Waals surface area contributed by atoms with E-state index < -0.39 is 37.3 Å². The van der Waals surface area contributed by atoms with Gasteiger partial charge in [-0.25, -0.2) is 4.98 Å². The van der Waals surface area contributed by atoms with Crippen LogP contribution in [-0.4, -0.2) is 62.7 Å². The Kier molecular flexibility index (Phi) is 4.64. The summed E-state index contributed by atoms with van der Waals surface area (Å²) in [6.07, 6.45) is -5.38. The molecule has 2 heterocycles. The molecule has 5 atom stereocenters. The van der Waals surface area contributed by atoms with Crippen molar-refractivity contribution in [3.63, 3.8) is 0 Å². The van der Waals surface area contributed by atoms with Gasteiger partial charge in [-0.05, 0) is 6.07 Å². The molecule has 0 bridgehead atoms. The smallest absolute Gasteiger partial charge is 0.256 e. The quantitative estimate of drug-likeness (QED) is 0.374. The van der Waals surface area contributed by atoms with Crippen molar-refractivity contribution in [2.75, 3.05) is 6.61 Å². The summed E-state index contributed by atoms with van der Waals surface area (Å²) in [6.45, 7) is -0.533. The highest BCUT2D eigenvalue weighted by molar-refractivity contribution is 5.08. The zero-order valence-corrected chi connectivity index (χ0v) is 9.86. The second kappa shape index (κ2) is 6.24. The van der Waals surface area contributed by atoms with Crippen molar-refractivity contribution in [1.82, 2.24) is 4.98 Å². The van der Waals surface area contributed by atoms with Crippen LogP contribution in [0.25, 0.3) is 0 Å². The maximum atomic E-state index is 9.66. The zero-order chi connectivity index (χ0) is 13.8. The first-order valence-corrected chi connectivity index (χ1v) is 5.68. The molecule has 0 saturated carbocycles. The first-order chi connectivity index (χ1) is 9.13. The van der Waals surface area contributed by atoms with Gasteiger partial charge in [0.25, 0.3) is 5.88 Å². The van der Waals surface area contributed by atoms with Crippen LogP contribution < -0.4 is 4.89 Å².